The van der Waals surface area contributed by atoms with Gasteiger partial charge in [0.1, 0.15) is 11.4 Å². The van der Waals surface area contributed by atoms with Crippen LogP contribution < -0.4 is 5.32 Å². The van der Waals surface area contributed by atoms with E-state index in [4.69, 9.17) is 16.0 Å². The minimum absolute atomic E-state index is 0.0850. The van der Waals surface area contributed by atoms with Crippen LogP contribution in [-0.2, 0) is 11.2 Å². The van der Waals surface area contributed by atoms with E-state index >= 15 is 0 Å². The van der Waals surface area contributed by atoms with Gasteiger partial charge in [-0.3, -0.25) is 4.79 Å². The van der Waals surface area contributed by atoms with E-state index in [2.05, 4.69) is 5.32 Å². The lowest BCUT2D eigenvalue weighted by atomic mass is 10.1. The van der Waals surface area contributed by atoms with Crippen LogP contribution in [-0.4, -0.2) is 5.91 Å². The van der Waals surface area contributed by atoms with Crippen molar-refractivity contribution in [3.05, 3.63) is 65.1 Å². The Morgan fingerprint density at radius 2 is 2.05 bits per heavy atom. The lowest BCUT2D eigenvalue weighted by Gasteiger charge is -2.05. The molecule has 5 heteroatoms. The summed E-state index contributed by atoms with van der Waals surface area (Å²) in [6, 6.07) is 11.2. The Morgan fingerprint density at radius 3 is 2.86 bits per heavy atom. The van der Waals surface area contributed by atoms with Crippen LogP contribution in [0, 0.1) is 5.82 Å². The van der Waals surface area contributed by atoms with Crippen molar-refractivity contribution in [1.29, 1.82) is 0 Å². The highest BCUT2D eigenvalue weighted by Gasteiger charge is 2.12. The van der Waals surface area contributed by atoms with Crippen molar-refractivity contribution in [3.8, 4) is 0 Å². The smallest absolute Gasteiger partial charge is 0.229 e. The molecular formula is C16H11ClFNO2. The van der Waals surface area contributed by atoms with Crippen LogP contribution in [0.25, 0.3) is 11.0 Å². The molecule has 0 atom stereocenters. The lowest BCUT2D eigenvalue weighted by molar-refractivity contribution is -0.115. The van der Waals surface area contributed by atoms with Gasteiger partial charge in [-0.25, -0.2) is 4.39 Å². The van der Waals surface area contributed by atoms with E-state index in [1.54, 1.807) is 30.3 Å². The number of amides is 1. The average Bonchev–Trinajstić information content (AvgIpc) is 2.84. The topological polar surface area (TPSA) is 42.2 Å². The fraction of sp³-hybridized carbons (Fsp3) is 0.0625. The second-order valence-corrected chi connectivity index (χ2v) is 5.04. The number of furan rings is 1. The van der Waals surface area contributed by atoms with Gasteiger partial charge in [0.2, 0.25) is 5.91 Å². The molecule has 0 bridgehead atoms. The molecule has 21 heavy (non-hydrogen) atoms. The van der Waals surface area contributed by atoms with Crippen LogP contribution in [0.5, 0.6) is 0 Å². The van der Waals surface area contributed by atoms with E-state index in [0.717, 1.165) is 5.39 Å². The molecule has 0 unspecified atom stereocenters. The van der Waals surface area contributed by atoms with Crippen LogP contribution in [0.3, 0.4) is 0 Å². The third kappa shape index (κ3) is 2.90. The predicted octanol–water partition coefficient (Wildman–Crippen LogP) is 4.41. The molecule has 0 aliphatic carbocycles. The number of nitrogens with one attached hydrogen (secondary N) is 1. The monoisotopic (exact) mass is 303 g/mol. The van der Waals surface area contributed by atoms with Gasteiger partial charge in [-0.05, 0) is 30.3 Å². The first kappa shape index (κ1) is 13.6. The Bertz CT molecular complexity index is 813. The van der Waals surface area contributed by atoms with Gasteiger partial charge >= 0.3 is 0 Å². The lowest BCUT2D eigenvalue weighted by Crippen LogP contribution is -2.15. The third-order valence-electron chi connectivity index (χ3n) is 3.11. The SMILES string of the molecule is O=C(Cc1coc2ccc(Cl)cc12)Nc1ccccc1F. The van der Waals surface area contributed by atoms with Crippen molar-refractivity contribution >= 4 is 34.2 Å². The van der Waals surface area contributed by atoms with E-state index in [1.807, 2.05) is 0 Å². The second-order valence-electron chi connectivity index (χ2n) is 4.61. The normalized spacial score (nSPS) is 10.8. The van der Waals surface area contributed by atoms with Crippen LogP contribution in [0.4, 0.5) is 10.1 Å². The molecule has 0 saturated heterocycles. The molecule has 2 aromatic carbocycles. The summed E-state index contributed by atoms with van der Waals surface area (Å²) in [6.45, 7) is 0. The van der Waals surface area contributed by atoms with Crippen molar-refractivity contribution in [2.45, 2.75) is 6.42 Å². The van der Waals surface area contributed by atoms with Gasteiger partial charge in [-0.15, -0.1) is 0 Å². The van der Waals surface area contributed by atoms with Gasteiger partial charge in [-0.2, -0.15) is 0 Å². The molecule has 0 radical (unpaired) electrons. The van der Waals surface area contributed by atoms with Crippen LogP contribution in [0.2, 0.25) is 5.02 Å². The zero-order valence-electron chi connectivity index (χ0n) is 10.9. The first-order valence-electron chi connectivity index (χ1n) is 6.33. The number of para-hydroxylation sites is 1. The summed E-state index contributed by atoms with van der Waals surface area (Å²) in [5, 5.41) is 3.89. The van der Waals surface area contributed by atoms with E-state index in [9.17, 15) is 9.18 Å². The minimum atomic E-state index is -0.467. The number of carbonyl (C=O) groups is 1. The van der Waals surface area contributed by atoms with Crippen LogP contribution in [0.15, 0.2) is 53.1 Å². The number of anilines is 1. The molecule has 0 spiro atoms. The first-order chi connectivity index (χ1) is 10.1. The molecule has 1 N–H and O–H groups in total. The molecule has 0 aliphatic rings. The van der Waals surface area contributed by atoms with Gasteiger partial charge in [0, 0.05) is 16.0 Å². The van der Waals surface area contributed by atoms with Crippen molar-refractivity contribution in [2.75, 3.05) is 5.32 Å². The summed E-state index contributed by atoms with van der Waals surface area (Å²) < 4.78 is 18.9. The zero-order chi connectivity index (χ0) is 14.8. The highest BCUT2D eigenvalue weighted by molar-refractivity contribution is 6.31. The Labute approximate surface area is 125 Å². The standard InChI is InChI=1S/C16H11ClFNO2/c17-11-5-6-15-12(8-11)10(9-21-15)7-16(20)19-14-4-2-1-3-13(14)18/h1-6,8-9H,7H2,(H,19,20). The van der Waals surface area contributed by atoms with Gasteiger partial charge in [-0.1, -0.05) is 23.7 Å². The molecule has 0 aliphatic heterocycles. The molecule has 1 heterocycles. The van der Waals surface area contributed by atoms with Gasteiger partial charge in [0.05, 0.1) is 18.4 Å². The van der Waals surface area contributed by atoms with E-state index < -0.39 is 5.82 Å². The number of carbonyl (C=O) groups excluding carboxylic acids is 1. The number of rotatable bonds is 3. The summed E-state index contributed by atoms with van der Waals surface area (Å²) in [7, 11) is 0. The number of benzene rings is 2. The summed E-state index contributed by atoms with van der Waals surface area (Å²) in [5.41, 5.74) is 1.53. The molecular weight excluding hydrogens is 293 g/mol. The highest BCUT2D eigenvalue weighted by Crippen LogP contribution is 2.25. The summed E-state index contributed by atoms with van der Waals surface area (Å²) in [4.78, 5) is 12.0. The number of halogens is 2. The van der Waals surface area contributed by atoms with Crippen LogP contribution in [0.1, 0.15) is 5.56 Å². The molecule has 106 valence electrons. The Morgan fingerprint density at radius 1 is 1.24 bits per heavy atom. The maximum atomic E-state index is 13.5. The Hall–Kier alpha value is -2.33. The number of fused-ring (bicyclic) bond motifs is 1. The predicted molar refractivity (Wildman–Crippen MR) is 80.0 cm³/mol. The second kappa shape index (κ2) is 5.58. The molecule has 0 fully saturated rings. The van der Waals surface area contributed by atoms with Crippen LogP contribution >= 0.6 is 11.6 Å². The largest absolute Gasteiger partial charge is 0.464 e. The third-order valence-corrected chi connectivity index (χ3v) is 3.35. The molecule has 3 aromatic rings. The summed E-state index contributed by atoms with van der Waals surface area (Å²) >= 11 is 5.94. The quantitative estimate of drug-likeness (QED) is 0.779. The molecule has 1 aromatic heterocycles. The molecule has 1 amide bonds. The molecule has 3 nitrogen and oxygen atoms in total. The zero-order valence-corrected chi connectivity index (χ0v) is 11.7. The number of hydrogen-bond donors (Lipinski definition) is 1. The van der Waals surface area contributed by atoms with E-state index in [0.29, 0.717) is 16.2 Å². The van der Waals surface area contributed by atoms with Crippen molar-refractivity contribution in [2.24, 2.45) is 0 Å². The maximum Gasteiger partial charge on any atom is 0.229 e. The number of hydrogen-bond acceptors (Lipinski definition) is 2. The molecule has 0 saturated carbocycles. The Kier molecular flexibility index (Phi) is 3.62. The minimum Gasteiger partial charge on any atom is -0.464 e. The summed E-state index contributed by atoms with van der Waals surface area (Å²) in [5.74, 6) is -0.784. The van der Waals surface area contributed by atoms with E-state index in [-0.39, 0.29) is 18.0 Å². The van der Waals surface area contributed by atoms with Crippen molar-refractivity contribution < 1.29 is 13.6 Å². The van der Waals surface area contributed by atoms with Crippen molar-refractivity contribution in [1.82, 2.24) is 0 Å². The average molecular weight is 304 g/mol. The first-order valence-corrected chi connectivity index (χ1v) is 6.71. The van der Waals surface area contributed by atoms with Gasteiger partial charge < -0.3 is 9.73 Å². The highest BCUT2D eigenvalue weighted by atomic mass is 35.5. The fourth-order valence-electron chi connectivity index (χ4n) is 2.12. The van der Waals surface area contributed by atoms with Crippen molar-refractivity contribution in [3.63, 3.8) is 0 Å². The Balaban J connectivity index is 1.80. The fourth-order valence-corrected chi connectivity index (χ4v) is 2.29. The van der Waals surface area contributed by atoms with Gasteiger partial charge in [0.15, 0.2) is 0 Å². The summed E-state index contributed by atoms with van der Waals surface area (Å²) in [6.07, 6.45) is 1.60. The van der Waals surface area contributed by atoms with E-state index in [1.165, 1.54) is 18.4 Å². The van der Waals surface area contributed by atoms with Gasteiger partial charge in [0.25, 0.3) is 0 Å². The molecule has 3 rings (SSSR count). The maximum absolute atomic E-state index is 13.5.